The summed E-state index contributed by atoms with van der Waals surface area (Å²) in [6, 6.07) is -0.174. The maximum atomic E-state index is 8.69. The lowest BCUT2D eigenvalue weighted by atomic mass is 10.4. The molecule has 4 nitrogen and oxygen atoms in total. The molecular formula is C6H11N3OS3. The zero-order valence-electron chi connectivity index (χ0n) is 7.14. The molecule has 1 heterocycles. The van der Waals surface area contributed by atoms with E-state index in [0.29, 0.717) is 5.75 Å². The molecular weight excluding hydrogens is 226 g/mol. The van der Waals surface area contributed by atoms with Crippen LogP contribution in [0.3, 0.4) is 0 Å². The lowest BCUT2D eigenvalue weighted by Gasteiger charge is -2.03. The summed E-state index contributed by atoms with van der Waals surface area (Å²) in [4.78, 5) is 0. The van der Waals surface area contributed by atoms with E-state index in [1.807, 2.05) is 6.26 Å². The van der Waals surface area contributed by atoms with E-state index in [1.54, 1.807) is 23.1 Å². The molecule has 1 aromatic rings. The first-order chi connectivity index (χ1) is 6.26. The van der Waals surface area contributed by atoms with Crippen molar-refractivity contribution in [3.8, 4) is 0 Å². The topological polar surface area (TPSA) is 72.0 Å². The lowest BCUT2D eigenvalue weighted by Crippen LogP contribution is -2.26. The van der Waals surface area contributed by atoms with Gasteiger partial charge < -0.3 is 10.8 Å². The van der Waals surface area contributed by atoms with Gasteiger partial charge in [0.15, 0.2) is 8.68 Å². The number of nitrogens with two attached hydrogens (primary N) is 1. The Labute approximate surface area is 89.3 Å². The fraction of sp³-hybridized carbons (Fsp3) is 0.667. The normalized spacial score (nSPS) is 13.2. The third-order valence-electron chi connectivity index (χ3n) is 1.22. The monoisotopic (exact) mass is 237 g/mol. The van der Waals surface area contributed by atoms with Crippen LogP contribution in [0.5, 0.6) is 0 Å². The summed E-state index contributed by atoms with van der Waals surface area (Å²) in [7, 11) is 0. The van der Waals surface area contributed by atoms with Gasteiger partial charge in [0.25, 0.3) is 0 Å². The van der Waals surface area contributed by atoms with Gasteiger partial charge in [0, 0.05) is 11.8 Å². The van der Waals surface area contributed by atoms with Crippen molar-refractivity contribution in [3.05, 3.63) is 0 Å². The Kier molecular flexibility index (Phi) is 5.04. The minimum absolute atomic E-state index is 0.0151. The predicted octanol–water partition coefficient (Wildman–Crippen LogP) is 0.672. The van der Waals surface area contributed by atoms with Crippen LogP contribution in [0.1, 0.15) is 0 Å². The van der Waals surface area contributed by atoms with E-state index in [2.05, 4.69) is 10.2 Å². The maximum absolute atomic E-state index is 8.69. The van der Waals surface area contributed by atoms with Crippen LogP contribution >= 0.6 is 34.9 Å². The molecule has 1 aromatic heterocycles. The molecule has 1 atom stereocenters. The summed E-state index contributed by atoms with van der Waals surface area (Å²) in [5.74, 6) is 0.680. The van der Waals surface area contributed by atoms with Crippen LogP contribution in [0.2, 0.25) is 0 Å². The molecule has 3 N–H and O–H groups in total. The van der Waals surface area contributed by atoms with E-state index >= 15 is 0 Å². The summed E-state index contributed by atoms with van der Waals surface area (Å²) >= 11 is 4.67. The molecule has 0 bridgehead atoms. The number of hydrogen-bond donors (Lipinski definition) is 2. The zero-order valence-corrected chi connectivity index (χ0v) is 9.58. The van der Waals surface area contributed by atoms with Crippen molar-refractivity contribution in [1.29, 1.82) is 0 Å². The Morgan fingerprint density at radius 1 is 1.54 bits per heavy atom. The quantitative estimate of drug-likeness (QED) is 0.734. The number of aliphatic hydroxyl groups is 1. The number of aromatic nitrogens is 2. The smallest absolute Gasteiger partial charge is 0.175 e. The van der Waals surface area contributed by atoms with Crippen molar-refractivity contribution < 1.29 is 5.11 Å². The second-order valence-corrected chi connectivity index (χ2v) is 5.59. The molecule has 0 saturated heterocycles. The highest BCUT2D eigenvalue weighted by Gasteiger charge is 2.06. The predicted molar refractivity (Wildman–Crippen MR) is 57.5 cm³/mol. The van der Waals surface area contributed by atoms with Gasteiger partial charge in [-0.15, -0.1) is 10.2 Å². The highest BCUT2D eigenvalue weighted by Crippen LogP contribution is 2.27. The summed E-state index contributed by atoms with van der Waals surface area (Å²) in [5.41, 5.74) is 5.54. The van der Waals surface area contributed by atoms with Gasteiger partial charge in [-0.25, -0.2) is 0 Å². The van der Waals surface area contributed by atoms with Crippen LogP contribution in [0.25, 0.3) is 0 Å². The molecule has 0 aromatic carbocycles. The van der Waals surface area contributed by atoms with E-state index < -0.39 is 0 Å². The fourth-order valence-electron chi connectivity index (χ4n) is 0.569. The van der Waals surface area contributed by atoms with Crippen molar-refractivity contribution >= 4 is 34.9 Å². The van der Waals surface area contributed by atoms with Gasteiger partial charge >= 0.3 is 0 Å². The Hall–Kier alpha value is 0.180. The van der Waals surface area contributed by atoms with Crippen LogP contribution in [-0.4, -0.2) is 40.0 Å². The molecule has 0 spiro atoms. The van der Waals surface area contributed by atoms with Crippen molar-refractivity contribution in [2.75, 3.05) is 18.6 Å². The van der Waals surface area contributed by atoms with Crippen molar-refractivity contribution in [2.24, 2.45) is 5.73 Å². The van der Waals surface area contributed by atoms with Crippen LogP contribution in [0.4, 0.5) is 0 Å². The molecule has 0 aliphatic heterocycles. The van der Waals surface area contributed by atoms with Crippen LogP contribution in [0, 0.1) is 0 Å². The largest absolute Gasteiger partial charge is 0.395 e. The number of thioether (sulfide) groups is 2. The standard InChI is InChI=1S/C6H11N3OS3/c1-11-5-8-9-6(13-5)12-3-4(7)2-10/h4,10H,2-3,7H2,1H3. The molecule has 0 aliphatic rings. The molecule has 1 unspecified atom stereocenters. The third kappa shape index (κ3) is 3.82. The number of rotatable bonds is 5. The third-order valence-corrected chi connectivity index (χ3v) is 4.44. The first-order valence-electron chi connectivity index (χ1n) is 3.63. The van der Waals surface area contributed by atoms with E-state index in [0.717, 1.165) is 8.68 Å². The molecule has 0 saturated carbocycles. The summed E-state index contributed by atoms with van der Waals surface area (Å²) in [5, 5.41) is 16.6. The highest BCUT2D eigenvalue weighted by atomic mass is 32.2. The average molecular weight is 237 g/mol. The Morgan fingerprint density at radius 2 is 2.23 bits per heavy atom. The molecule has 0 radical (unpaired) electrons. The van der Waals surface area contributed by atoms with E-state index in [4.69, 9.17) is 10.8 Å². The summed E-state index contributed by atoms with van der Waals surface area (Å²) < 4.78 is 1.87. The minimum atomic E-state index is -0.174. The highest BCUT2D eigenvalue weighted by molar-refractivity contribution is 8.03. The second-order valence-electron chi connectivity index (χ2n) is 2.29. The number of hydrogen-bond acceptors (Lipinski definition) is 7. The van der Waals surface area contributed by atoms with Gasteiger partial charge in [-0.2, -0.15) is 0 Å². The summed E-state index contributed by atoms with van der Waals surface area (Å²) in [6.07, 6.45) is 1.97. The van der Waals surface area contributed by atoms with Crippen molar-refractivity contribution in [2.45, 2.75) is 14.7 Å². The number of aliphatic hydroxyl groups excluding tert-OH is 1. The Bertz CT molecular complexity index is 255. The first-order valence-corrected chi connectivity index (χ1v) is 6.65. The number of nitrogens with zero attached hydrogens (tertiary/aromatic N) is 2. The van der Waals surface area contributed by atoms with Gasteiger partial charge in [0.05, 0.1) is 6.61 Å². The lowest BCUT2D eigenvalue weighted by molar-refractivity contribution is 0.275. The molecule has 13 heavy (non-hydrogen) atoms. The van der Waals surface area contributed by atoms with Gasteiger partial charge in [0.1, 0.15) is 0 Å². The van der Waals surface area contributed by atoms with Gasteiger partial charge in [-0.3, -0.25) is 0 Å². The average Bonchev–Trinajstić information content (AvgIpc) is 2.61. The van der Waals surface area contributed by atoms with Gasteiger partial charge in [0.2, 0.25) is 0 Å². The molecule has 7 heteroatoms. The Balaban J connectivity index is 2.36. The maximum Gasteiger partial charge on any atom is 0.175 e. The van der Waals surface area contributed by atoms with E-state index in [-0.39, 0.29) is 12.6 Å². The van der Waals surface area contributed by atoms with Crippen LogP contribution < -0.4 is 5.73 Å². The minimum Gasteiger partial charge on any atom is -0.395 e. The SMILES string of the molecule is CSc1nnc(SCC(N)CO)s1. The summed E-state index contributed by atoms with van der Waals surface area (Å²) in [6.45, 7) is 0.0151. The molecule has 0 aliphatic carbocycles. The molecule has 0 amide bonds. The van der Waals surface area contributed by atoms with E-state index in [9.17, 15) is 0 Å². The van der Waals surface area contributed by atoms with Gasteiger partial charge in [-0.1, -0.05) is 34.9 Å². The molecule has 0 fully saturated rings. The van der Waals surface area contributed by atoms with Crippen molar-refractivity contribution in [1.82, 2.24) is 10.2 Å². The molecule has 1 rings (SSSR count). The van der Waals surface area contributed by atoms with Crippen LogP contribution in [-0.2, 0) is 0 Å². The second kappa shape index (κ2) is 5.82. The van der Waals surface area contributed by atoms with Crippen molar-refractivity contribution in [3.63, 3.8) is 0 Å². The zero-order chi connectivity index (χ0) is 9.68. The fourth-order valence-corrected chi connectivity index (χ4v) is 2.97. The first kappa shape index (κ1) is 11.3. The van der Waals surface area contributed by atoms with Gasteiger partial charge in [-0.05, 0) is 6.26 Å². The molecule has 74 valence electrons. The van der Waals surface area contributed by atoms with E-state index in [1.165, 1.54) is 11.8 Å². The van der Waals surface area contributed by atoms with Crippen LogP contribution in [0.15, 0.2) is 8.68 Å². The Morgan fingerprint density at radius 3 is 2.77 bits per heavy atom.